The molecule has 1 heterocycles. The lowest BCUT2D eigenvalue weighted by Gasteiger charge is -2.11. The molecule has 3 nitrogen and oxygen atoms in total. The maximum absolute atomic E-state index is 13.1. The molecule has 0 radical (unpaired) electrons. The number of fused-ring (bicyclic) bond motifs is 1. The van der Waals surface area contributed by atoms with Crippen molar-refractivity contribution in [3.63, 3.8) is 0 Å². The quantitative estimate of drug-likeness (QED) is 0.426. The molecule has 0 saturated carbocycles. The minimum absolute atomic E-state index is 0.0287. The highest BCUT2D eigenvalue weighted by atomic mass is 19.4. The second kappa shape index (κ2) is 8.04. The number of hydrogen-bond acceptors (Lipinski definition) is 1. The van der Waals surface area contributed by atoms with Crippen LogP contribution in [-0.2, 0) is 12.7 Å². The number of halogens is 3. The summed E-state index contributed by atoms with van der Waals surface area (Å²) in [7, 11) is 0. The van der Waals surface area contributed by atoms with Gasteiger partial charge in [0.2, 0.25) is 0 Å². The number of carboxylic acid groups (broad SMARTS) is 1. The van der Waals surface area contributed by atoms with Crippen molar-refractivity contribution in [3.05, 3.63) is 107 Å². The molecule has 0 saturated heterocycles. The topological polar surface area (TPSA) is 42.2 Å². The third-order valence-electron chi connectivity index (χ3n) is 4.87. The van der Waals surface area contributed by atoms with E-state index in [9.17, 15) is 23.1 Å². The minimum Gasteiger partial charge on any atom is -0.477 e. The molecule has 0 atom stereocenters. The van der Waals surface area contributed by atoms with Gasteiger partial charge in [-0.05, 0) is 35.9 Å². The van der Waals surface area contributed by atoms with E-state index in [4.69, 9.17) is 0 Å². The molecule has 154 valence electrons. The van der Waals surface area contributed by atoms with Crippen LogP contribution < -0.4 is 0 Å². The van der Waals surface area contributed by atoms with Crippen LogP contribution in [0, 0.1) is 11.8 Å². The molecule has 0 fully saturated rings. The first-order valence-electron chi connectivity index (χ1n) is 9.42. The van der Waals surface area contributed by atoms with E-state index in [1.54, 1.807) is 30.3 Å². The minimum atomic E-state index is -4.48. The van der Waals surface area contributed by atoms with Gasteiger partial charge in [0.1, 0.15) is 5.69 Å². The first kappa shape index (κ1) is 20.3. The fraction of sp³-hybridized carbons (Fsp3) is 0.0800. The number of aromatic nitrogens is 1. The van der Waals surface area contributed by atoms with E-state index in [-0.39, 0.29) is 12.2 Å². The van der Waals surface area contributed by atoms with E-state index in [1.807, 2.05) is 30.3 Å². The molecule has 6 heteroatoms. The molecule has 0 amide bonds. The van der Waals surface area contributed by atoms with E-state index in [1.165, 1.54) is 10.6 Å². The average Bonchev–Trinajstić information content (AvgIpc) is 3.06. The largest absolute Gasteiger partial charge is 0.477 e. The Morgan fingerprint density at radius 1 is 0.903 bits per heavy atom. The van der Waals surface area contributed by atoms with Gasteiger partial charge in [-0.2, -0.15) is 13.2 Å². The highest BCUT2D eigenvalue weighted by Crippen LogP contribution is 2.31. The van der Waals surface area contributed by atoms with E-state index in [0.29, 0.717) is 22.0 Å². The fourth-order valence-electron chi connectivity index (χ4n) is 3.50. The van der Waals surface area contributed by atoms with E-state index >= 15 is 0 Å². The van der Waals surface area contributed by atoms with Crippen molar-refractivity contribution in [1.29, 1.82) is 0 Å². The van der Waals surface area contributed by atoms with Gasteiger partial charge < -0.3 is 9.67 Å². The maximum atomic E-state index is 13.1. The van der Waals surface area contributed by atoms with Crippen LogP contribution in [0.1, 0.15) is 32.7 Å². The number of carbonyl (C=O) groups is 1. The molecular weight excluding hydrogens is 403 g/mol. The van der Waals surface area contributed by atoms with Gasteiger partial charge in [-0.15, -0.1) is 0 Å². The summed E-state index contributed by atoms with van der Waals surface area (Å²) in [6, 6.07) is 21.1. The number of hydrogen-bond donors (Lipinski definition) is 1. The Labute approximate surface area is 176 Å². The lowest BCUT2D eigenvalue weighted by molar-refractivity contribution is -0.137. The number of aromatic carboxylic acids is 1. The molecule has 0 aliphatic heterocycles. The smallest absolute Gasteiger partial charge is 0.416 e. The average molecular weight is 419 g/mol. The number of carboxylic acids is 1. The Bertz CT molecular complexity index is 1330. The summed E-state index contributed by atoms with van der Waals surface area (Å²) in [6.07, 6.45) is -4.48. The number of benzene rings is 3. The standard InChI is InChI=1S/C25H16F3NO2/c26-25(27,28)19-10-6-9-18(15-19)16-29-22-12-5-4-11-20(22)21(23(29)24(30)31)14-13-17-7-2-1-3-8-17/h1-12,15H,16H2,(H,30,31). The van der Waals surface area contributed by atoms with Crippen LogP contribution in [0.2, 0.25) is 0 Å². The third-order valence-corrected chi connectivity index (χ3v) is 4.87. The summed E-state index contributed by atoms with van der Waals surface area (Å²) < 4.78 is 40.8. The van der Waals surface area contributed by atoms with Crippen molar-refractivity contribution < 1.29 is 23.1 Å². The Morgan fingerprint density at radius 3 is 2.32 bits per heavy atom. The highest BCUT2D eigenvalue weighted by molar-refractivity contribution is 6.00. The van der Waals surface area contributed by atoms with Gasteiger partial charge in [0.25, 0.3) is 0 Å². The number of para-hydroxylation sites is 1. The molecule has 0 unspecified atom stereocenters. The summed E-state index contributed by atoms with van der Waals surface area (Å²) in [5.74, 6) is 4.75. The zero-order valence-corrected chi connectivity index (χ0v) is 16.1. The van der Waals surface area contributed by atoms with Gasteiger partial charge in [-0.3, -0.25) is 0 Å². The van der Waals surface area contributed by atoms with Crippen LogP contribution in [0.5, 0.6) is 0 Å². The summed E-state index contributed by atoms with van der Waals surface area (Å²) in [5.41, 5.74) is 1.17. The Kier molecular flexibility index (Phi) is 5.26. The van der Waals surface area contributed by atoms with Crippen molar-refractivity contribution in [2.24, 2.45) is 0 Å². The predicted molar refractivity (Wildman–Crippen MR) is 112 cm³/mol. The predicted octanol–water partition coefficient (Wildman–Crippen LogP) is 5.81. The number of rotatable bonds is 3. The second-order valence-electron chi connectivity index (χ2n) is 6.95. The Hall–Kier alpha value is -3.98. The van der Waals surface area contributed by atoms with E-state index in [2.05, 4.69) is 11.8 Å². The summed E-state index contributed by atoms with van der Waals surface area (Å²) >= 11 is 0. The molecule has 0 aliphatic rings. The highest BCUT2D eigenvalue weighted by Gasteiger charge is 2.30. The first-order chi connectivity index (χ1) is 14.8. The van der Waals surface area contributed by atoms with Crippen LogP contribution in [0.25, 0.3) is 10.9 Å². The first-order valence-corrected chi connectivity index (χ1v) is 9.42. The van der Waals surface area contributed by atoms with Crippen molar-refractivity contribution in [3.8, 4) is 11.8 Å². The van der Waals surface area contributed by atoms with Crippen molar-refractivity contribution in [2.75, 3.05) is 0 Å². The van der Waals surface area contributed by atoms with Crippen LogP contribution in [0.15, 0.2) is 78.9 Å². The van der Waals surface area contributed by atoms with E-state index in [0.717, 1.165) is 17.7 Å². The van der Waals surface area contributed by atoms with Crippen molar-refractivity contribution >= 4 is 16.9 Å². The lowest BCUT2D eigenvalue weighted by atomic mass is 10.1. The Morgan fingerprint density at radius 2 is 1.61 bits per heavy atom. The van der Waals surface area contributed by atoms with Crippen molar-refractivity contribution in [1.82, 2.24) is 4.57 Å². The third kappa shape index (κ3) is 4.17. The summed E-state index contributed by atoms with van der Waals surface area (Å²) in [5, 5.41) is 10.6. The van der Waals surface area contributed by atoms with Crippen LogP contribution in [0.4, 0.5) is 13.2 Å². The molecule has 1 aromatic heterocycles. The summed E-state index contributed by atoms with van der Waals surface area (Å²) in [6.45, 7) is -0.0287. The van der Waals surface area contributed by atoms with Gasteiger partial charge in [-0.1, -0.05) is 60.4 Å². The van der Waals surface area contributed by atoms with Gasteiger partial charge in [0.15, 0.2) is 0 Å². The van der Waals surface area contributed by atoms with E-state index < -0.39 is 17.7 Å². The molecule has 31 heavy (non-hydrogen) atoms. The molecule has 0 aliphatic carbocycles. The second-order valence-corrected chi connectivity index (χ2v) is 6.95. The van der Waals surface area contributed by atoms with Crippen molar-refractivity contribution in [2.45, 2.75) is 12.7 Å². The van der Waals surface area contributed by atoms with Gasteiger partial charge >= 0.3 is 12.1 Å². The molecular formula is C25H16F3NO2. The SMILES string of the molecule is O=C(O)c1c(C#Cc2ccccc2)c2ccccc2n1Cc1cccc(C(F)(F)F)c1. The zero-order valence-electron chi connectivity index (χ0n) is 16.1. The molecule has 1 N–H and O–H groups in total. The number of alkyl halides is 3. The molecule has 4 aromatic rings. The van der Waals surface area contributed by atoms with Crippen LogP contribution in [0.3, 0.4) is 0 Å². The van der Waals surface area contributed by atoms with Crippen LogP contribution in [-0.4, -0.2) is 15.6 Å². The Balaban J connectivity index is 1.88. The summed E-state index contributed by atoms with van der Waals surface area (Å²) in [4.78, 5) is 12.2. The fourth-order valence-corrected chi connectivity index (χ4v) is 3.50. The molecule has 4 rings (SSSR count). The van der Waals surface area contributed by atoms with Gasteiger partial charge in [-0.25, -0.2) is 4.79 Å². The maximum Gasteiger partial charge on any atom is 0.416 e. The number of nitrogens with zero attached hydrogens (tertiary/aromatic N) is 1. The molecule has 3 aromatic carbocycles. The monoisotopic (exact) mass is 419 g/mol. The van der Waals surface area contributed by atoms with Gasteiger partial charge in [0.05, 0.1) is 16.6 Å². The normalized spacial score (nSPS) is 11.2. The molecule has 0 spiro atoms. The lowest BCUT2D eigenvalue weighted by Crippen LogP contribution is -2.12. The zero-order chi connectivity index (χ0) is 22.0. The van der Waals surface area contributed by atoms with Gasteiger partial charge in [0, 0.05) is 17.5 Å². The van der Waals surface area contributed by atoms with Crippen LogP contribution >= 0.6 is 0 Å². The molecule has 0 bridgehead atoms.